The molecule has 2 aromatic heterocycles. The van der Waals surface area contributed by atoms with Crippen LogP contribution in [0.3, 0.4) is 0 Å². The van der Waals surface area contributed by atoms with Gasteiger partial charge in [-0.15, -0.1) is 10.2 Å². The Labute approximate surface area is 189 Å². The van der Waals surface area contributed by atoms with E-state index in [4.69, 9.17) is 9.47 Å². The molecule has 0 bridgehead atoms. The normalized spacial score (nSPS) is 11.8. The van der Waals surface area contributed by atoms with Crippen molar-refractivity contribution < 1.29 is 14.3 Å². The van der Waals surface area contributed by atoms with Crippen LogP contribution < -0.4 is 15.0 Å². The average molecular weight is 446 g/mol. The lowest BCUT2D eigenvalue weighted by Gasteiger charge is -2.16. The molecule has 168 valence electrons. The van der Waals surface area contributed by atoms with Crippen molar-refractivity contribution in [3.05, 3.63) is 82.0 Å². The highest BCUT2D eigenvalue weighted by atomic mass is 16.5. The quantitative estimate of drug-likeness (QED) is 0.263. The number of methoxy groups -OCH3 is 1. The lowest BCUT2D eigenvalue weighted by Crippen LogP contribution is -2.33. The summed E-state index contributed by atoms with van der Waals surface area (Å²) in [4.78, 5) is 25.4. The predicted molar refractivity (Wildman–Crippen MR) is 121 cm³/mol. The minimum Gasteiger partial charge on any atom is -0.496 e. The third kappa shape index (κ3) is 4.49. The van der Waals surface area contributed by atoms with Gasteiger partial charge in [-0.2, -0.15) is 19.4 Å². The number of hydrogen-bond acceptors (Lipinski definition) is 8. The molecule has 0 fully saturated rings. The Morgan fingerprint density at radius 1 is 1.09 bits per heavy atom. The fourth-order valence-corrected chi connectivity index (χ4v) is 3.07. The summed E-state index contributed by atoms with van der Waals surface area (Å²) in [6.45, 7) is 5.68. The van der Waals surface area contributed by atoms with Crippen LogP contribution in [0.2, 0.25) is 0 Å². The molecule has 0 aliphatic heterocycles. The van der Waals surface area contributed by atoms with E-state index < -0.39 is 11.4 Å². The van der Waals surface area contributed by atoms with Gasteiger partial charge in [0.05, 0.1) is 13.3 Å². The zero-order chi connectivity index (χ0) is 23.6. The zero-order valence-electron chi connectivity index (χ0n) is 18.6. The number of fused-ring (bicyclic) bond motifs is 1. The molecule has 0 unspecified atom stereocenters. The standard InChI is InChI=1S/C23H22N6O4/c1-23(2,3)19-20(30)29(22-26-24-14-28(22)27-19)25-13-15-9-11-16(12-10-15)33-21(31)17-7-5-6-8-18(17)32-4/h5-14H,1-4H3/b25-13+. The van der Waals surface area contributed by atoms with Crippen LogP contribution in [0, 0.1) is 0 Å². The van der Waals surface area contributed by atoms with Crippen LogP contribution in [-0.2, 0) is 5.41 Å². The van der Waals surface area contributed by atoms with E-state index in [9.17, 15) is 9.59 Å². The van der Waals surface area contributed by atoms with Gasteiger partial charge in [-0.1, -0.05) is 32.9 Å². The molecule has 10 heteroatoms. The van der Waals surface area contributed by atoms with Gasteiger partial charge in [-0.3, -0.25) is 4.79 Å². The van der Waals surface area contributed by atoms with Crippen molar-refractivity contribution in [1.29, 1.82) is 0 Å². The monoisotopic (exact) mass is 446 g/mol. The molecule has 33 heavy (non-hydrogen) atoms. The number of benzene rings is 2. The molecular formula is C23H22N6O4. The molecule has 0 N–H and O–H groups in total. The number of esters is 1. The maximum atomic E-state index is 12.9. The molecule has 0 aliphatic rings. The number of aromatic nitrogens is 5. The summed E-state index contributed by atoms with van der Waals surface area (Å²) in [5.74, 6) is 0.468. The summed E-state index contributed by atoms with van der Waals surface area (Å²) in [6.07, 6.45) is 2.93. The molecule has 2 aromatic carbocycles. The van der Waals surface area contributed by atoms with Gasteiger partial charge >= 0.3 is 5.97 Å². The SMILES string of the molecule is COc1ccccc1C(=O)Oc1ccc(/C=N/n2c(=O)c(C(C)(C)C)nn3cnnc23)cc1. The molecule has 0 saturated heterocycles. The number of ether oxygens (including phenoxy) is 2. The Hall–Kier alpha value is -4.34. The minimum atomic E-state index is -0.527. The maximum Gasteiger partial charge on any atom is 0.347 e. The number of hydrogen-bond donors (Lipinski definition) is 0. The van der Waals surface area contributed by atoms with Crippen LogP contribution in [0.25, 0.3) is 5.78 Å². The topological polar surface area (TPSA) is 113 Å². The molecule has 4 rings (SSSR count). The van der Waals surface area contributed by atoms with E-state index in [1.54, 1.807) is 48.5 Å². The van der Waals surface area contributed by atoms with Crippen LogP contribution >= 0.6 is 0 Å². The van der Waals surface area contributed by atoms with E-state index in [2.05, 4.69) is 20.4 Å². The van der Waals surface area contributed by atoms with Gasteiger partial charge in [0.15, 0.2) is 0 Å². The molecule has 2 heterocycles. The summed E-state index contributed by atoms with van der Waals surface area (Å²) < 4.78 is 13.2. The lowest BCUT2D eigenvalue weighted by atomic mass is 9.93. The van der Waals surface area contributed by atoms with Crippen molar-refractivity contribution in [3.8, 4) is 11.5 Å². The third-order valence-electron chi connectivity index (χ3n) is 4.76. The van der Waals surface area contributed by atoms with Gasteiger partial charge in [0.25, 0.3) is 11.3 Å². The summed E-state index contributed by atoms with van der Waals surface area (Å²) in [5.41, 5.74) is 0.493. The maximum absolute atomic E-state index is 12.9. The summed E-state index contributed by atoms with van der Waals surface area (Å²) in [7, 11) is 1.49. The van der Waals surface area contributed by atoms with E-state index in [1.165, 1.54) is 24.2 Å². The third-order valence-corrected chi connectivity index (χ3v) is 4.76. The van der Waals surface area contributed by atoms with Crippen LogP contribution in [0.15, 0.2) is 64.8 Å². The summed E-state index contributed by atoms with van der Waals surface area (Å²) >= 11 is 0. The first kappa shape index (κ1) is 21.9. The molecule has 0 saturated carbocycles. The first-order chi connectivity index (χ1) is 15.8. The number of nitrogens with zero attached hydrogens (tertiary/aromatic N) is 6. The van der Waals surface area contributed by atoms with Gasteiger partial charge < -0.3 is 9.47 Å². The highest BCUT2D eigenvalue weighted by Crippen LogP contribution is 2.21. The fraction of sp³-hybridized carbons (Fsp3) is 0.217. The Balaban J connectivity index is 1.58. The highest BCUT2D eigenvalue weighted by molar-refractivity contribution is 5.94. The Bertz CT molecular complexity index is 1400. The largest absolute Gasteiger partial charge is 0.496 e. The molecule has 0 atom stereocenters. The average Bonchev–Trinajstić information content (AvgIpc) is 3.27. The van der Waals surface area contributed by atoms with Gasteiger partial charge in [0, 0.05) is 5.41 Å². The summed E-state index contributed by atoms with van der Waals surface area (Å²) in [6, 6.07) is 13.5. The molecule has 4 aromatic rings. The molecule has 0 amide bonds. The van der Waals surface area contributed by atoms with E-state index in [-0.39, 0.29) is 11.3 Å². The van der Waals surface area contributed by atoms with Crippen molar-refractivity contribution in [2.45, 2.75) is 26.2 Å². The number of carbonyl (C=O) groups is 1. The van der Waals surface area contributed by atoms with Crippen LogP contribution in [-0.4, -0.2) is 43.8 Å². The van der Waals surface area contributed by atoms with Crippen LogP contribution in [0.4, 0.5) is 0 Å². The number of rotatable bonds is 5. The van der Waals surface area contributed by atoms with Crippen molar-refractivity contribution in [1.82, 2.24) is 24.5 Å². The molecule has 10 nitrogen and oxygen atoms in total. The zero-order valence-corrected chi connectivity index (χ0v) is 18.6. The van der Waals surface area contributed by atoms with Gasteiger partial charge in [-0.25, -0.2) is 4.79 Å². The van der Waals surface area contributed by atoms with Gasteiger partial charge in [-0.05, 0) is 42.0 Å². The Morgan fingerprint density at radius 3 is 2.52 bits per heavy atom. The molecule has 0 spiro atoms. The second-order valence-corrected chi connectivity index (χ2v) is 8.19. The lowest BCUT2D eigenvalue weighted by molar-refractivity contribution is 0.0731. The minimum absolute atomic E-state index is 0.201. The van der Waals surface area contributed by atoms with E-state index in [0.717, 1.165) is 4.68 Å². The van der Waals surface area contributed by atoms with Gasteiger partial charge in [0.2, 0.25) is 0 Å². The summed E-state index contributed by atoms with van der Waals surface area (Å²) in [5, 5.41) is 16.4. The van der Waals surface area contributed by atoms with Crippen LogP contribution in [0.5, 0.6) is 11.5 Å². The van der Waals surface area contributed by atoms with Crippen molar-refractivity contribution in [3.63, 3.8) is 0 Å². The van der Waals surface area contributed by atoms with Crippen LogP contribution in [0.1, 0.15) is 42.4 Å². The fourth-order valence-electron chi connectivity index (χ4n) is 3.07. The smallest absolute Gasteiger partial charge is 0.347 e. The molecular weight excluding hydrogens is 424 g/mol. The molecule has 0 radical (unpaired) electrons. The van der Waals surface area contributed by atoms with E-state index in [1.807, 2.05) is 20.8 Å². The Kier molecular flexibility index (Phi) is 5.74. The Morgan fingerprint density at radius 2 is 1.82 bits per heavy atom. The first-order valence-corrected chi connectivity index (χ1v) is 10.1. The second-order valence-electron chi connectivity index (χ2n) is 8.19. The van der Waals surface area contributed by atoms with Crippen molar-refractivity contribution in [2.75, 3.05) is 7.11 Å². The van der Waals surface area contributed by atoms with Gasteiger partial charge in [0.1, 0.15) is 29.1 Å². The predicted octanol–water partition coefficient (Wildman–Crippen LogP) is 2.69. The first-order valence-electron chi connectivity index (χ1n) is 10.1. The second kappa shape index (κ2) is 8.65. The number of para-hydroxylation sites is 1. The highest BCUT2D eigenvalue weighted by Gasteiger charge is 2.23. The van der Waals surface area contributed by atoms with Crippen molar-refractivity contribution in [2.24, 2.45) is 5.10 Å². The number of carbonyl (C=O) groups excluding carboxylic acids is 1. The molecule has 0 aliphatic carbocycles. The van der Waals surface area contributed by atoms with E-state index in [0.29, 0.717) is 28.3 Å². The van der Waals surface area contributed by atoms with E-state index >= 15 is 0 Å². The van der Waals surface area contributed by atoms with Crippen molar-refractivity contribution >= 4 is 18.0 Å².